The molecule has 2 N–H and O–H groups in total. The van der Waals surface area contributed by atoms with Gasteiger partial charge in [-0.1, -0.05) is 18.2 Å². The highest BCUT2D eigenvalue weighted by Crippen LogP contribution is 2.17. The molecule has 0 saturated carbocycles. The fourth-order valence-corrected chi connectivity index (χ4v) is 2.00. The number of para-hydroxylation sites is 1. The first-order chi connectivity index (χ1) is 11.0. The van der Waals surface area contributed by atoms with E-state index in [1.165, 1.54) is 5.56 Å². The molecule has 0 atom stereocenters. The maximum Gasteiger partial charge on any atom is 0.191 e. The molecule has 0 unspecified atom stereocenters. The van der Waals surface area contributed by atoms with Gasteiger partial charge in [-0.2, -0.15) is 0 Å². The van der Waals surface area contributed by atoms with Crippen LogP contribution in [0.25, 0.3) is 0 Å². The number of guanidine groups is 1. The van der Waals surface area contributed by atoms with Crippen molar-refractivity contribution in [2.75, 3.05) is 33.4 Å². The van der Waals surface area contributed by atoms with Crippen molar-refractivity contribution >= 4 is 29.9 Å². The second-order valence-electron chi connectivity index (χ2n) is 5.88. The third kappa shape index (κ3) is 8.73. The number of nitrogens with one attached hydrogen (secondary N) is 2. The molecule has 0 aliphatic carbocycles. The summed E-state index contributed by atoms with van der Waals surface area (Å²) in [6.07, 6.45) is 0.883. The van der Waals surface area contributed by atoms with E-state index in [4.69, 9.17) is 9.47 Å². The molecule has 0 spiro atoms. The smallest absolute Gasteiger partial charge is 0.191 e. The minimum atomic E-state index is -0.260. The molecule has 1 aromatic carbocycles. The van der Waals surface area contributed by atoms with E-state index in [2.05, 4.69) is 28.6 Å². The standard InChI is InChI=1S/C18H31N3O2.HI/c1-6-19-17(21-14-18(3,4)22-5)20-13-12-15-10-8-9-11-16(15)23-7-2;/h8-11H,6-7,12-14H2,1-5H3,(H2,19,20,21);1H. The largest absolute Gasteiger partial charge is 0.494 e. The highest BCUT2D eigenvalue weighted by Gasteiger charge is 2.15. The van der Waals surface area contributed by atoms with Gasteiger partial charge < -0.3 is 20.1 Å². The molecule has 0 radical (unpaired) electrons. The zero-order valence-corrected chi connectivity index (χ0v) is 17.8. The maximum atomic E-state index is 5.66. The lowest BCUT2D eigenvalue weighted by Crippen LogP contribution is -2.40. The summed E-state index contributed by atoms with van der Waals surface area (Å²) in [4.78, 5) is 4.58. The molecule has 1 aromatic rings. The average molecular weight is 449 g/mol. The molecule has 0 fully saturated rings. The average Bonchev–Trinajstić information content (AvgIpc) is 2.54. The summed E-state index contributed by atoms with van der Waals surface area (Å²) in [5.41, 5.74) is 0.944. The zero-order chi connectivity index (χ0) is 17.1. The molecule has 0 bridgehead atoms. The van der Waals surface area contributed by atoms with Crippen LogP contribution >= 0.6 is 24.0 Å². The Morgan fingerprint density at radius 2 is 1.88 bits per heavy atom. The number of ether oxygens (including phenoxy) is 2. The van der Waals surface area contributed by atoms with Crippen molar-refractivity contribution in [1.29, 1.82) is 0 Å². The van der Waals surface area contributed by atoms with Crippen LogP contribution in [0.4, 0.5) is 0 Å². The summed E-state index contributed by atoms with van der Waals surface area (Å²) in [5.74, 6) is 1.77. The number of rotatable bonds is 9. The molecule has 24 heavy (non-hydrogen) atoms. The van der Waals surface area contributed by atoms with E-state index in [0.717, 1.165) is 31.2 Å². The third-order valence-corrected chi connectivity index (χ3v) is 3.47. The Bertz CT molecular complexity index is 493. The van der Waals surface area contributed by atoms with Crippen LogP contribution in [0, 0.1) is 0 Å². The highest BCUT2D eigenvalue weighted by molar-refractivity contribution is 14.0. The Hall–Kier alpha value is -1.02. The summed E-state index contributed by atoms with van der Waals surface area (Å²) in [6, 6.07) is 8.16. The Labute approximate surface area is 163 Å². The molecule has 0 amide bonds. The van der Waals surface area contributed by atoms with Crippen LogP contribution in [0.5, 0.6) is 5.75 Å². The number of aliphatic imine (C=N–C) groups is 1. The van der Waals surface area contributed by atoms with Crippen molar-refractivity contribution in [2.24, 2.45) is 4.99 Å². The summed E-state index contributed by atoms with van der Waals surface area (Å²) in [5, 5.41) is 6.62. The zero-order valence-electron chi connectivity index (χ0n) is 15.5. The van der Waals surface area contributed by atoms with Gasteiger partial charge >= 0.3 is 0 Å². The first-order valence-corrected chi connectivity index (χ1v) is 8.30. The molecule has 1 rings (SSSR count). The van der Waals surface area contributed by atoms with Crippen LogP contribution in [0.3, 0.4) is 0 Å². The summed E-state index contributed by atoms with van der Waals surface area (Å²) in [6.45, 7) is 11.0. The number of benzene rings is 1. The number of halogens is 1. The van der Waals surface area contributed by atoms with Gasteiger partial charge in [-0.25, -0.2) is 0 Å². The topological polar surface area (TPSA) is 54.9 Å². The number of hydrogen-bond donors (Lipinski definition) is 2. The van der Waals surface area contributed by atoms with E-state index in [9.17, 15) is 0 Å². The summed E-state index contributed by atoms with van der Waals surface area (Å²) < 4.78 is 11.1. The van der Waals surface area contributed by atoms with Gasteiger partial charge in [0.25, 0.3) is 0 Å². The fourth-order valence-electron chi connectivity index (χ4n) is 2.00. The van der Waals surface area contributed by atoms with Gasteiger partial charge in [-0.15, -0.1) is 24.0 Å². The molecule has 0 aliphatic rings. The van der Waals surface area contributed by atoms with Crippen molar-refractivity contribution in [2.45, 2.75) is 39.7 Å². The van der Waals surface area contributed by atoms with Crippen LogP contribution in [0.2, 0.25) is 0 Å². The Balaban J connectivity index is 0.00000529. The van der Waals surface area contributed by atoms with Crippen molar-refractivity contribution in [3.05, 3.63) is 29.8 Å². The van der Waals surface area contributed by atoms with Gasteiger partial charge in [0.2, 0.25) is 0 Å². The SMILES string of the molecule is CCNC(=NCC(C)(C)OC)NCCc1ccccc1OCC.I. The van der Waals surface area contributed by atoms with E-state index < -0.39 is 0 Å². The molecule has 0 aromatic heterocycles. The van der Waals surface area contributed by atoms with Gasteiger partial charge in [0.15, 0.2) is 5.96 Å². The highest BCUT2D eigenvalue weighted by atomic mass is 127. The quantitative estimate of drug-likeness (QED) is 0.346. The van der Waals surface area contributed by atoms with Crippen LogP contribution in [0.15, 0.2) is 29.3 Å². The summed E-state index contributed by atoms with van der Waals surface area (Å²) in [7, 11) is 1.71. The monoisotopic (exact) mass is 449 g/mol. The first kappa shape index (κ1) is 23.0. The molecular formula is C18H32IN3O2. The van der Waals surface area contributed by atoms with E-state index in [1.807, 2.05) is 39.0 Å². The van der Waals surface area contributed by atoms with E-state index in [-0.39, 0.29) is 29.6 Å². The van der Waals surface area contributed by atoms with Gasteiger partial charge in [0, 0.05) is 20.2 Å². The minimum absolute atomic E-state index is 0. The van der Waals surface area contributed by atoms with E-state index >= 15 is 0 Å². The number of hydrogen-bond acceptors (Lipinski definition) is 3. The minimum Gasteiger partial charge on any atom is -0.494 e. The lowest BCUT2D eigenvalue weighted by atomic mass is 10.1. The lowest BCUT2D eigenvalue weighted by molar-refractivity contribution is 0.0310. The fraction of sp³-hybridized carbons (Fsp3) is 0.611. The van der Waals surface area contributed by atoms with Crippen LogP contribution in [0.1, 0.15) is 33.3 Å². The second-order valence-corrected chi connectivity index (χ2v) is 5.88. The van der Waals surface area contributed by atoms with Gasteiger partial charge in [-0.3, -0.25) is 4.99 Å². The summed E-state index contributed by atoms with van der Waals surface area (Å²) >= 11 is 0. The van der Waals surface area contributed by atoms with Crippen molar-refractivity contribution < 1.29 is 9.47 Å². The molecule has 5 nitrogen and oxygen atoms in total. The molecule has 0 saturated heterocycles. The van der Waals surface area contributed by atoms with Crippen LogP contribution < -0.4 is 15.4 Å². The molecular weight excluding hydrogens is 417 g/mol. The van der Waals surface area contributed by atoms with Crippen molar-refractivity contribution in [1.82, 2.24) is 10.6 Å². The van der Waals surface area contributed by atoms with Crippen LogP contribution in [-0.4, -0.2) is 44.9 Å². The molecule has 138 valence electrons. The van der Waals surface area contributed by atoms with Crippen LogP contribution in [-0.2, 0) is 11.2 Å². The predicted octanol–water partition coefficient (Wildman–Crippen LogP) is 3.23. The Kier molecular flexibility index (Phi) is 11.8. The second kappa shape index (κ2) is 12.4. The van der Waals surface area contributed by atoms with Gasteiger partial charge in [0.05, 0.1) is 18.8 Å². The predicted molar refractivity (Wildman–Crippen MR) is 112 cm³/mol. The normalized spacial score (nSPS) is 11.6. The molecule has 0 heterocycles. The number of methoxy groups -OCH3 is 1. The maximum absolute atomic E-state index is 5.66. The molecule has 0 aliphatic heterocycles. The Morgan fingerprint density at radius 3 is 2.50 bits per heavy atom. The van der Waals surface area contributed by atoms with Gasteiger partial charge in [-0.05, 0) is 45.7 Å². The first-order valence-electron chi connectivity index (χ1n) is 8.30. The van der Waals surface area contributed by atoms with E-state index in [1.54, 1.807) is 7.11 Å². The van der Waals surface area contributed by atoms with Crippen molar-refractivity contribution in [3.8, 4) is 5.75 Å². The van der Waals surface area contributed by atoms with E-state index in [0.29, 0.717) is 13.2 Å². The van der Waals surface area contributed by atoms with Gasteiger partial charge in [0.1, 0.15) is 5.75 Å². The Morgan fingerprint density at radius 1 is 1.17 bits per heavy atom. The third-order valence-electron chi connectivity index (χ3n) is 3.47. The molecule has 6 heteroatoms. The van der Waals surface area contributed by atoms with Crippen molar-refractivity contribution in [3.63, 3.8) is 0 Å². The lowest BCUT2D eigenvalue weighted by Gasteiger charge is -2.21. The number of nitrogens with zero attached hydrogens (tertiary/aromatic N) is 1.